The van der Waals surface area contributed by atoms with E-state index in [9.17, 15) is 9.59 Å². The van der Waals surface area contributed by atoms with E-state index in [-0.39, 0.29) is 17.9 Å². The molecular weight excluding hydrogens is 288 g/mol. The van der Waals surface area contributed by atoms with Gasteiger partial charge in [0.15, 0.2) is 0 Å². The molecule has 0 radical (unpaired) electrons. The van der Waals surface area contributed by atoms with Crippen molar-refractivity contribution in [3.63, 3.8) is 0 Å². The van der Waals surface area contributed by atoms with Crippen molar-refractivity contribution in [1.29, 1.82) is 0 Å². The maximum atomic E-state index is 12.6. The zero-order valence-corrected chi connectivity index (χ0v) is 12.7. The summed E-state index contributed by atoms with van der Waals surface area (Å²) >= 11 is 5.66. The van der Waals surface area contributed by atoms with E-state index in [1.54, 1.807) is 0 Å². The van der Waals surface area contributed by atoms with E-state index in [2.05, 4.69) is 12.1 Å². The van der Waals surface area contributed by atoms with Crippen LogP contribution in [0.15, 0.2) is 24.3 Å². The lowest BCUT2D eigenvalue weighted by Gasteiger charge is -2.42. The Morgan fingerprint density at radius 2 is 1.86 bits per heavy atom. The molecule has 2 aliphatic rings. The molecule has 112 valence electrons. The van der Waals surface area contributed by atoms with Crippen molar-refractivity contribution < 1.29 is 9.59 Å². The highest BCUT2D eigenvalue weighted by Crippen LogP contribution is 2.27. The van der Waals surface area contributed by atoms with Gasteiger partial charge in [-0.1, -0.05) is 24.3 Å². The number of alkyl halides is 1. The predicted molar refractivity (Wildman–Crippen MR) is 81.0 cm³/mol. The Kier molecular flexibility index (Phi) is 4.27. The van der Waals surface area contributed by atoms with Crippen LogP contribution in [0.4, 0.5) is 0 Å². The van der Waals surface area contributed by atoms with Crippen LogP contribution in [-0.4, -0.2) is 46.6 Å². The number of amides is 2. The first-order valence-electron chi connectivity index (χ1n) is 7.41. The SMILES string of the molecule is O=C1CN2Cc3ccccc3CC2C(=O)N1CCCCCl. The third kappa shape index (κ3) is 2.83. The van der Waals surface area contributed by atoms with Crippen LogP contribution >= 0.6 is 11.6 Å². The van der Waals surface area contributed by atoms with Gasteiger partial charge in [-0.15, -0.1) is 11.6 Å². The van der Waals surface area contributed by atoms with Crippen molar-refractivity contribution in [2.24, 2.45) is 0 Å². The van der Waals surface area contributed by atoms with Gasteiger partial charge in [0.05, 0.1) is 12.6 Å². The van der Waals surface area contributed by atoms with Crippen LogP contribution in [-0.2, 0) is 22.6 Å². The minimum atomic E-state index is -0.186. The number of imide groups is 1. The second-order valence-electron chi connectivity index (χ2n) is 5.67. The van der Waals surface area contributed by atoms with E-state index < -0.39 is 0 Å². The van der Waals surface area contributed by atoms with Gasteiger partial charge in [0.2, 0.25) is 11.8 Å². The molecule has 1 unspecified atom stereocenters. The third-order valence-electron chi connectivity index (χ3n) is 4.30. The summed E-state index contributed by atoms with van der Waals surface area (Å²) in [5.74, 6) is 0.444. The highest BCUT2D eigenvalue weighted by Gasteiger charge is 2.41. The number of carbonyl (C=O) groups is 2. The lowest BCUT2D eigenvalue weighted by molar-refractivity contribution is -0.156. The third-order valence-corrected chi connectivity index (χ3v) is 4.57. The number of fused-ring (bicyclic) bond motifs is 2. The average molecular weight is 307 g/mol. The molecular formula is C16H19ClN2O2. The molecule has 2 amide bonds. The molecule has 4 nitrogen and oxygen atoms in total. The maximum Gasteiger partial charge on any atom is 0.246 e. The number of piperazine rings is 1. The van der Waals surface area contributed by atoms with E-state index in [0.717, 1.165) is 12.8 Å². The first kappa shape index (κ1) is 14.5. The molecule has 0 N–H and O–H groups in total. The molecule has 3 rings (SSSR count). The van der Waals surface area contributed by atoms with E-state index in [4.69, 9.17) is 11.6 Å². The second-order valence-corrected chi connectivity index (χ2v) is 6.05. The molecule has 0 aromatic heterocycles. The minimum absolute atomic E-state index is 0.0460. The van der Waals surface area contributed by atoms with Crippen molar-refractivity contribution in [3.05, 3.63) is 35.4 Å². The van der Waals surface area contributed by atoms with Crippen molar-refractivity contribution in [1.82, 2.24) is 9.80 Å². The van der Waals surface area contributed by atoms with Crippen molar-refractivity contribution in [2.45, 2.75) is 31.8 Å². The monoisotopic (exact) mass is 306 g/mol. The fourth-order valence-corrected chi connectivity index (χ4v) is 3.34. The molecule has 2 aliphatic heterocycles. The highest BCUT2D eigenvalue weighted by atomic mass is 35.5. The fraction of sp³-hybridized carbons (Fsp3) is 0.500. The highest BCUT2D eigenvalue weighted by molar-refractivity contribution is 6.17. The summed E-state index contributed by atoms with van der Waals surface area (Å²) < 4.78 is 0. The predicted octanol–water partition coefficient (Wildman–Crippen LogP) is 1.80. The van der Waals surface area contributed by atoms with Crippen molar-refractivity contribution in [3.8, 4) is 0 Å². The quantitative estimate of drug-likeness (QED) is 0.484. The zero-order chi connectivity index (χ0) is 14.8. The van der Waals surface area contributed by atoms with E-state index >= 15 is 0 Å². The summed E-state index contributed by atoms with van der Waals surface area (Å²) in [6.07, 6.45) is 2.31. The van der Waals surface area contributed by atoms with Crippen LogP contribution in [0.3, 0.4) is 0 Å². The fourth-order valence-electron chi connectivity index (χ4n) is 3.15. The molecule has 5 heteroatoms. The van der Waals surface area contributed by atoms with Crippen molar-refractivity contribution in [2.75, 3.05) is 19.0 Å². The van der Waals surface area contributed by atoms with Gasteiger partial charge in [0, 0.05) is 19.0 Å². The van der Waals surface area contributed by atoms with Gasteiger partial charge < -0.3 is 0 Å². The van der Waals surface area contributed by atoms with Crippen LogP contribution in [0.5, 0.6) is 0 Å². The van der Waals surface area contributed by atoms with Crippen LogP contribution in [0.25, 0.3) is 0 Å². The molecule has 2 heterocycles. The number of rotatable bonds is 4. The summed E-state index contributed by atoms with van der Waals surface area (Å²) in [4.78, 5) is 28.2. The summed E-state index contributed by atoms with van der Waals surface area (Å²) in [7, 11) is 0. The normalized spacial score (nSPS) is 22.1. The Morgan fingerprint density at radius 3 is 2.62 bits per heavy atom. The van der Waals surface area contributed by atoms with E-state index in [1.165, 1.54) is 16.0 Å². The van der Waals surface area contributed by atoms with Gasteiger partial charge in [-0.05, 0) is 30.4 Å². The number of hydrogen-bond donors (Lipinski definition) is 0. The number of carbonyl (C=O) groups excluding carboxylic acids is 2. The van der Waals surface area contributed by atoms with Gasteiger partial charge in [0.1, 0.15) is 0 Å². The largest absolute Gasteiger partial charge is 0.280 e. The first-order valence-corrected chi connectivity index (χ1v) is 7.95. The zero-order valence-electron chi connectivity index (χ0n) is 11.9. The molecule has 1 atom stereocenters. The lowest BCUT2D eigenvalue weighted by atomic mass is 9.91. The molecule has 1 aromatic carbocycles. The molecule has 1 saturated heterocycles. The Morgan fingerprint density at radius 1 is 1.10 bits per heavy atom. The molecule has 21 heavy (non-hydrogen) atoms. The van der Waals surface area contributed by atoms with Gasteiger partial charge in [-0.2, -0.15) is 0 Å². The summed E-state index contributed by atoms with van der Waals surface area (Å²) in [6.45, 7) is 1.52. The summed E-state index contributed by atoms with van der Waals surface area (Å²) in [5, 5.41) is 0. The van der Waals surface area contributed by atoms with E-state index in [1.807, 2.05) is 17.0 Å². The van der Waals surface area contributed by atoms with Gasteiger partial charge in [-0.3, -0.25) is 19.4 Å². The molecule has 0 bridgehead atoms. The molecule has 0 aliphatic carbocycles. The maximum absolute atomic E-state index is 12.6. The number of hydrogen-bond acceptors (Lipinski definition) is 3. The Labute approximate surface area is 129 Å². The van der Waals surface area contributed by atoms with Gasteiger partial charge in [0.25, 0.3) is 0 Å². The number of unbranched alkanes of at least 4 members (excludes halogenated alkanes) is 1. The van der Waals surface area contributed by atoms with Crippen LogP contribution < -0.4 is 0 Å². The summed E-state index contributed by atoms with van der Waals surface area (Å²) in [6, 6.07) is 7.98. The average Bonchev–Trinajstić information content (AvgIpc) is 2.49. The lowest BCUT2D eigenvalue weighted by Crippen LogP contribution is -2.61. The first-order chi connectivity index (χ1) is 10.2. The van der Waals surface area contributed by atoms with Crippen molar-refractivity contribution >= 4 is 23.4 Å². The topological polar surface area (TPSA) is 40.6 Å². The Balaban J connectivity index is 1.76. The number of halogens is 1. The van der Waals surface area contributed by atoms with E-state index in [0.29, 0.717) is 31.9 Å². The van der Waals surface area contributed by atoms with Gasteiger partial charge >= 0.3 is 0 Å². The van der Waals surface area contributed by atoms with Crippen LogP contribution in [0, 0.1) is 0 Å². The summed E-state index contributed by atoms with van der Waals surface area (Å²) in [5.41, 5.74) is 2.45. The molecule has 1 aromatic rings. The van der Waals surface area contributed by atoms with Crippen LogP contribution in [0.1, 0.15) is 24.0 Å². The van der Waals surface area contributed by atoms with Crippen LogP contribution in [0.2, 0.25) is 0 Å². The minimum Gasteiger partial charge on any atom is -0.280 e. The van der Waals surface area contributed by atoms with Gasteiger partial charge in [-0.25, -0.2) is 0 Å². The standard InChI is InChI=1S/C16H19ClN2O2/c17-7-3-4-8-19-15(20)11-18-10-13-6-2-1-5-12(13)9-14(18)16(19)21/h1-2,5-6,14H,3-4,7-11H2. The number of benzene rings is 1. The molecule has 1 fully saturated rings. The Bertz CT molecular complexity index is 561. The molecule has 0 saturated carbocycles. The smallest absolute Gasteiger partial charge is 0.246 e. The Hall–Kier alpha value is -1.39. The second kappa shape index (κ2) is 6.16. The number of nitrogens with zero attached hydrogens (tertiary/aromatic N) is 2. The molecule has 0 spiro atoms.